The molecule has 1 saturated heterocycles. The number of rotatable bonds is 9. The summed E-state index contributed by atoms with van der Waals surface area (Å²) >= 11 is 0. The third-order valence-corrected chi connectivity index (χ3v) is 4.63. The Kier molecular flexibility index (Phi) is 7.56. The van der Waals surface area contributed by atoms with Crippen LogP contribution in [0.25, 0.3) is 0 Å². The molecule has 1 rings (SSSR count). The van der Waals surface area contributed by atoms with Crippen molar-refractivity contribution < 1.29 is 32.6 Å². The summed E-state index contributed by atoms with van der Waals surface area (Å²) in [4.78, 5) is 11.3. The molecule has 21 heavy (non-hydrogen) atoms. The van der Waals surface area contributed by atoms with Crippen molar-refractivity contribution in [3.8, 4) is 0 Å². The number of esters is 1. The largest absolute Gasteiger partial charge is 0.459 e. The predicted octanol–water partition coefficient (Wildman–Crippen LogP) is 2.11. The van der Waals surface area contributed by atoms with Gasteiger partial charge in [-0.2, -0.15) is 0 Å². The van der Waals surface area contributed by atoms with Crippen LogP contribution in [0.5, 0.6) is 0 Å². The molecule has 8 heteroatoms. The molecule has 0 saturated carbocycles. The second-order valence-electron chi connectivity index (χ2n) is 4.53. The molecule has 0 aromatic carbocycles. The Labute approximate surface area is 125 Å². The van der Waals surface area contributed by atoms with Crippen LogP contribution < -0.4 is 0 Å². The SMILES string of the molecule is C=C(C)C(=O)OCC1COC(CP(=O)(OCC)OCC)O1. The van der Waals surface area contributed by atoms with Crippen LogP contribution in [0.3, 0.4) is 0 Å². The maximum absolute atomic E-state index is 12.3. The minimum Gasteiger partial charge on any atom is -0.459 e. The molecular formula is C13H23O7P. The summed E-state index contributed by atoms with van der Waals surface area (Å²) < 4.78 is 38.6. The van der Waals surface area contributed by atoms with Crippen LogP contribution in [-0.2, 0) is 32.6 Å². The molecule has 1 aliphatic rings. The average molecular weight is 322 g/mol. The molecule has 1 aliphatic heterocycles. The van der Waals surface area contributed by atoms with Crippen LogP contribution in [0.4, 0.5) is 0 Å². The van der Waals surface area contributed by atoms with E-state index >= 15 is 0 Å². The molecule has 0 N–H and O–H groups in total. The van der Waals surface area contributed by atoms with Crippen LogP contribution in [0.15, 0.2) is 12.2 Å². The molecule has 1 fully saturated rings. The van der Waals surface area contributed by atoms with Gasteiger partial charge in [-0.25, -0.2) is 4.79 Å². The van der Waals surface area contributed by atoms with E-state index in [9.17, 15) is 9.36 Å². The van der Waals surface area contributed by atoms with Crippen molar-refractivity contribution in [2.24, 2.45) is 0 Å². The molecule has 7 nitrogen and oxygen atoms in total. The van der Waals surface area contributed by atoms with Gasteiger partial charge in [0, 0.05) is 5.57 Å². The molecule has 2 unspecified atom stereocenters. The van der Waals surface area contributed by atoms with Crippen molar-refractivity contribution in [1.82, 2.24) is 0 Å². The van der Waals surface area contributed by atoms with Crippen LogP contribution in [0.2, 0.25) is 0 Å². The van der Waals surface area contributed by atoms with Crippen molar-refractivity contribution in [2.45, 2.75) is 33.2 Å². The third-order valence-electron chi connectivity index (χ3n) is 2.59. The fourth-order valence-corrected chi connectivity index (χ4v) is 3.33. The number of carbonyl (C=O) groups excluding carboxylic acids is 1. The third kappa shape index (κ3) is 6.28. The van der Waals surface area contributed by atoms with Gasteiger partial charge in [0.1, 0.15) is 18.9 Å². The zero-order chi connectivity index (χ0) is 15.9. The van der Waals surface area contributed by atoms with Crippen molar-refractivity contribution in [2.75, 3.05) is 32.6 Å². The number of carbonyl (C=O) groups is 1. The van der Waals surface area contributed by atoms with Gasteiger partial charge in [-0.15, -0.1) is 0 Å². The summed E-state index contributed by atoms with van der Waals surface area (Å²) in [6, 6.07) is 0. The Hall–Kier alpha value is -0.720. The molecule has 1 heterocycles. The zero-order valence-electron chi connectivity index (χ0n) is 12.7. The van der Waals surface area contributed by atoms with Crippen LogP contribution >= 0.6 is 7.60 Å². The van der Waals surface area contributed by atoms with Gasteiger partial charge in [0.25, 0.3) is 0 Å². The highest BCUT2D eigenvalue weighted by atomic mass is 31.2. The van der Waals surface area contributed by atoms with Gasteiger partial charge in [0.2, 0.25) is 0 Å². The molecule has 0 radical (unpaired) electrons. The van der Waals surface area contributed by atoms with E-state index in [1.165, 1.54) is 0 Å². The standard InChI is InChI=1S/C13H23O7P/c1-5-18-21(15,19-6-2)9-12-16-7-11(20-12)8-17-13(14)10(3)4/h11-12H,3,5-9H2,1-2,4H3. The summed E-state index contributed by atoms with van der Waals surface area (Å²) in [5.74, 6) is -0.476. The highest BCUT2D eigenvalue weighted by molar-refractivity contribution is 7.53. The van der Waals surface area contributed by atoms with E-state index in [0.717, 1.165) is 0 Å². The fourth-order valence-electron chi connectivity index (χ4n) is 1.70. The Morgan fingerprint density at radius 2 is 1.95 bits per heavy atom. The molecule has 0 aliphatic carbocycles. The number of hydrogen-bond donors (Lipinski definition) is 0. The minimum absolute atomic E-state index is 0.0135. The van der Waals surface area contributed by atoms with Gasteiger partial charge in [-0.1, -0.05) is 6.58 Å². The Morgan fingerprint density at radius 3 is 2.48 bits per heavy atom. The average Bonchev–Trinajstić information content (AvgIpc) is 2.83. The lowest BCUT2D eigenvalue weighted by Gasteiger charge is -2.19. The first-order valence-corrected chi connectivity index (χ1v) is 8.60. The zero-order valence-corrected chi connectivity index (χ0v) is 13.6. The van der Waals surface area contributed by atoms with Gasteiger partial charge >= 0.3 is 13.6 Å². The Morgan fingerprint density at radius 1 is 1.33 bits per heavy atom. The molecule has 122 valence electrons. The van der Waals surface area contributed by atoms with Gasteiger partial charge in [-0.3, -0.25) is 4.57 Å². The van der Waals surface area contributed by atoms with Crippen molar-refractivity contribution >= 4 is 13.6 Å². The summed E-state index contributed by atoms with van der Waals surface area (Å²) in [7, 11) is -3.22. The molecule has 0 bridgehead atoms. The second kappa shape index (κ2) is 8.66. The maximum atomic E-state index is 12.3. The molecule has 0 aromatic heterocycles. The van der Waals surface area contributed by atoms with Crippen molar-refractivity contribution in [3.05, 3.63) is 12.2 Å². The first-order valence-electron chi connectivity index (χ1n) is 6.88. The van der Waals surface area contributed by atoms with E-state index in [1.54, 1.807) is 20.8 Å². The lowest BCUT2D eigenvalue weighted by molar-refractivity contribution is -0.143. The van der Waals surface area contributed by atoms with Crippen molar-refractivity contribution in [1.29, 1.82) is 0 Å². The predicted molar refractivity (Wildman–Crippen MR) is 76.1 cm³/mol. The van der Waals surface area contributed by atoms with Gasteiger partial charge in [-0.05, 0) is 20.8 Å². The summed E-state index contributed by atoms with van der Waals surface area (Å²) in [6.07, 6.45) is -1.07. The first kappa shape index (κ1) is 18.3. The first-order chi connectivity index (χ1) is 9.90. The highest BCUT2D eigenvalue weighted by Crippen LogP contribution is 2.49. The molecule has 0 amide bonds. The monoisotopic (exact) mass is 322 g/mol. The van der Waals surface area contributed by atoms with E-state index in [-0.39, 0.29) is 32.6 Å². The van der Waals surface area contributed by atoms with E-state index in [4.69, 9.17) is 23.3 Å². The fraction of sp³-hybridized carbons (Fsp3) is 0.769. The van der Waals surface area contributed by atoms with E-state index in [1.807, 2.05) is 0 Å². The lowest BCUT2D eigenvalue weighted by Crippen LogP contribution is -2.23. The lowest BCUT2D eigenvalue weighted by atomic mass is 10.3. The molecule has 0 aromatic rings. The maximum Gasteiger partial charge on any atom is 0.335 e. The van der Waals surface area contributed by atoms with Crippen molar-refractivity contribution in [3.63, 3.8) is 0 Å². The van der Waals surface area contributed by atoms with Gasteiger partial charge in [0.05, 0.1) is 19.8 Å². The summed E-state index contributed by atoms with van der Waals surface area (Å²) in [5.41, 5.74) is 0.322. The number of hydrogen-bond acceptors (Lipinski definition) is 7. The quantitative estimate of drug-likeness (QED) is 0.365. The van der Waals surface area contributed by atoms with E-state index in [0.29, 0.717) is 5.57 Å². The van der Waals surface area contributed by atoms with Crippen LogP contribution in [-0.4, -0.2) is 51.0 Å². The van der Waals surface area contributed by atoms with Gasteiger partial charge in [0.15, 0.2) is 6.29 Å². The molecule has 0 spiro atoms. The van der Waals surface area contributed by atoms with E-state index in [2.05, 4.69) is 6.58 Å². The molecular weight excluding hydrogens is 299 g/mol. The minimum atomic E-state index is -3.22. The van der Waals surface area contributed by atoms with Crippen LogP contribution in [0, 0.1) is 0 Å². The van der Waals surface area contributed by atoms with Crippen LogP contribution in [0.1, 0.15) is 20.8 Å². The van der Waals surface area contributed by atoms with Gasteiger partial charge < -0.3 is 23.3 Å². The summed E-state index contributed by atoms with van der Waals surface area (Å²) in [5, 5.41) is 0. The smallest absolute Gasteiger partial charge is 0.335 e. The topological polar surface area (TPSA) is 80.3 Å². The van der Waals surface area contributed by atoms with E-state index < -0.39 is 26.0 Å². The molecule has 2 atom stereocenters. The second-order valence-corrected chi connectivity index (χ2v) is 6.63. The Balaban J connectivity index is 2.41. The normalized spacial score (nSPS) is 22.2. The Bertz CT molecular complexity index is 399. The summed E-state index contributed by atoms with van der Waals surface area (Å²) in [6.45, 7) is 9.42. The number of ether oxygens (including phenoxy) is 3. The highest BCUT2D eigenvalue weighted by Gasteiger charge is 2.35.